The Bertz CT molecular complexity index is 239. The molecule has 0 aromatic heterocycles. The van der Waals surface area contributed by atoms with Crippen molar-refractivity contribution >= 4 is 0 Å². The molecule has 0 radical (unpaired) electrons. The minimum atomic E-state index is 0.463. The maximum absolute atomic E-state index is 6.35. The van der Waals surface area contributed by atoms with E-state index in [1.165, 1.54) is 64.5 Å². The molecule has 0 amide bonds. The Kier molecular flexibility index (Phi) is 5.50. The van der Waals surface area contributed by atoms with E-state index in [4.69, 9.17) is 5.73 Å². The number of nitrogens with two attached hydrogens (primary N) is 1. The molecule has 1 heterocycles. The van der Waals surface area contributed by atoms with Gasteiger partial charge < -0.3 is 10.6 Å². The van der Waals surface area contributed by atoms with Crippen LogP contribution in [0.15, 0.2) is 0 Å². The number of hydrogen-bond acceptors (Lipinski definition) is 2. The van der Waals surface area contributed by atoms with E-state index in [0.29, 0.717) is 6.04 Å². The molecule has 1 saturated heterocycles. The lowest BCUT2D eigenvalue weighted by Crippen LogP contribution is -2.47. The van der Waals surface area contributed by atoms with Crippen LogP contribution >= 0.6 is 0 Å². The Morgan fingerprint density at radius 1 is 1.17 bits per heavy atom. The average Bonchev–Trinajstić information content (AvgIpc) is 2.36. The molecule has 2 fully saturated rings. The van der Waals surface area contributed by atoms with Crippen LogP contribution in [0.25, 0.3) is 0 Å². The van der Waals surface area contributed by atoms with E-state index >= 15 is 0 Å². The quantitative estimate of drug-likeness (QED) is 0.831. The monoisotopic (exact) mass is 252 g/mol. The Hall–Kier alpha value is -0.0800. The van der Waals surface area contributed by atoms with Crippen molar-refractivity contribution in [1.82, 2.24) is 4.90 Å². The first-order chi connectivity index (χ1) is 8.70. The molecule has 1 aliphatic heterocycles. The highest BCUT2D eigenvalue weighted by molar-refractivity contribution is 4.86. The summed E-state index contributed by atoms with van der Waals surface area (Å²) in [5.74, 6) is 1.65. The van der Waals surface area contributed by atoms with Gasteiger partial charge in [0, 0.05) is 18.6 Å². The molecule has 0 aromatic carbocycles. The van der Waals surface area contributed by atoms with Crippen LogP contribution in [0.2, 0.25) is 0 Å². The molecule has 2 N–H and O–H groups in total. The lowest BCUT2D eigenvalue weighted by Gasteiger charge is -2.41. The summed E-state index contributed by atoms with van der Waals surface area (Å²) in [6, 6.07) is 1.32. The molecule has 106 valence electrons. The van der Waals surface area contributed by atoms with Gasteiger partial charge in [-0.1, -0.05) is 26.7 Å². The number of hydrogen-bond donors (Lipinski definition) is 1. The average molecular weight is 252 g/mol. The SMILES string of the molecule is CCCC1CCCCN1CC1CC(C)CCC1N. The van der Waals surface area contributed by atoms with Crippen molar-refractivity contribution in [3.8, 4) is 0 Å². The van der Waals surface area contributed by atoms with E-state index in [1.54, 1.807) is 0 Å². The third-order valence-corrected chi connectivity index (χ3v) is 5.14. The number of piperidine rings is 1. The second-order valence-electron chi connectivity index (χ2n) is 6.78. The molecule has 1 aliphatic carbocycles. The predicted octanol–water partition coefficient (Wildman–Crippen LogP) is 3.40. The maximum Gasteiger partial charge on any atom is 0.00952 e. The summed E-state index contributed by atoms with van der Waals surface area (Å²) in [6.07, 6.45) is 10.9. The molecule has 0 aromatic rings. The zero-order valence-corrected chi connectivity index (χ0v) is 12.4. The predicted molar refractivity (Wildman–Crippen MR) is 78.6 cm³/mol. The summed E-state index contributed by atoms with van der Waals surface area (Å²) < 4.78 is 0. The highest BCUT2D eigenvalue weighted by atomic mass is 15.2. The summed E-state index contributed by atoms with van der Waals surface area (Å²) in [6.45, 7) is 7.32. The van der Waals surface area contributed by atoms with Crippen LogP contribution in [0, 0.1) is 11.8 Å². The largest absolute Gasteiger partial charge is 0.327 e. The minimum absolute atomic E-state index is 0.463. The normalized spacial score (nSPS) is 38.8. The van der Waals surface area contributed by atoms with E-state index in [1.807, 2.05) is 0 Å². The Labute approximate surface area is 113 Å². The van der Waals surface area contributed by atoms with Gasteiger partial charge >= 0.3 is 0 Å². The smallest absolute Gasteiger partial charge is 0.00952 e. The molecule has 4 unspecified atom stereocenters. The van der Waals surface area contributed by atoms with E-state index in [-0.39, 0.29) is 0 Å². The van der Waals surface area contributed by atoms with Crippen molar-refractivity contribution in [2.45, 2.75) is 77.3 Å². The van der Waals surface area contributed by atoms with E-state index < -0.39 is 0 Å². The summed E-state index contributed by atoms with van der Waals surface area (Å²) >= 11 is 0. The van der Waals surface area contributed by atoms with Crippen molar-refractivity contribution < 1.29 is 0 Å². The fourth-order valence-electron chi connectivity index (χ4n) is 3.99. The Balaban J connectivity index is 1.88. The Morgan fingerprint density at radius 2 is 2.00 bits per heavy atom. The lowest BCUT2D eigenvalue weighted by atomic mass is 9.78. The number of rotatable bonds is 4. The van der Waals surface area contributed by atoms with Crippen LogP contribution in [0.4, 0.5) is 0 Å². The van der Waals surface area contributed by atoms with Gasteiger partial charge in [0.2, 0.25) is 0 Å². The molecule has 0 bridgehead atoms. The standard InChI is InChI=1S/C16H32N2/c1-3-6-15-7-4-5-10-18(15)12-14-11-13(2)8-9-16(14)17/h13-16H,3-12,17H2,1-2H3. The number of likely N-dealkylation sites (tertiary alicyclic amines) is 1. The second-order valence-corrected chi connectivity index (χ2v) is 6.78. The number of nitrogens with zero attached hydrogens (tertiary/aromatic N) is 1. The van der Waals surface area contributed by atoms with E-state index in [0.717, 1.165) is 17.9 Å². The zero-order chi connectivity index (χ0) is 13.0. The minimum Gasteiger partial charge on any atom is -0.327 e. The first-order valence-corrected chi connectivity index (χ1v) is 8.20. The van der Waals surface area contributed by atoms with Gasteiger partial charge in [-0.05, 0) is 56.9 Å². The third-order valence-electron chi connectivity index (χ3n) is 5.14. The van der Waals surface area contributed by atoms with Crippen molar-refractivity contribution in [3.63, 3.8) is 0 Å². The van der Waals surface area contributed by atoms with Gasteiger partial charge in [-0.25, -0.2) is 0 Å². The molecule has 2 rings (SSSR count). The molecule has 2 nitrogen and oxygen atoms in total. The molecular formula is C16H32N2. The lowest BCUT2D eigenvalue weighted by molar-refractivity contribution is 0.0913. The van der Waals surface area contributed by atoms with Gasteiger partial charge in [0.05, 0.1) is 0 Å². The van der Waals surface area contributed by atoms with Gasteiger partial charge in [-0.2, -0.15) is 0 Å². The van der Waals surface area contributed by atoms with Gasteiger partial charge in [-0.15, -0.1) is 0 Å². The molecule has 4 atom stereocenters. The molecular weight excluding hydrogens is 220 g/mol. The van der Waals surface area contributed by atoms with Gasteiger partial charge in [0.15, 0.2) is 0 Å². The molecule has 2 heteroatoms. The van der Waals surface area contributed by atoms with Gasteiger partial charge in [-0.3, -0.25) is 0 Å². The zero-order valence-electron chi connectivity index (χ0n) is 12.4. The van der Waals surface area contributed by atoms with Gasteiger partial charge in [0.1, 0.15) is 0 Å². The third kappa shape index (κ3) is 3.71. The highest BCUT2D eigenvalue weighted by Crippen LogP contribution is 2.30. The second kappa shape index (κ2) is 6.91. The molecule has 0 spiro atoms. The molecule has 18 heavy (non-hydrogen) atoms. The molecule has 1 saturated carbocycles. The first-order valence-electron chi connectivity index (χ1n) is 8.20. The van der Waals surface area contributed by atoms with Crippen molar-refractivity contribution in [3.05, 3.63) is 0 Å². The summed E-state index contributed by atoms with van der Waals surface area (Å²) in [5, 5.41) is 0. The highest BCUT2D eigenvalue weighted by Gasteiger charge is 2.30. The fourth-order valence-corrected chi connectivity index (χ4v) is 3.99. The van der Waals surface area contributed by atoms with Crippen molar-refractivity contribution in [2.75, 3.05) is 13.1 Å². The maximum atomic E-state index is 6.35. The topological polar surface area (TPSA) is 29.3 Å². The summed E-state index contributed by atoms with van der Waals surface area (Å²) in [7, 11) is 0. The summed E-state index contributed by atoms with van der Waals surface area (Å²) in [4.78, 5) is 2.77. The van der Waals surface area contributed by atoms with Crippen LogP contribution in [0.3, 0.4) is 0 Å². The van der Waals surface area contributed by atoms with Gasteiger partial charge in [0.25, 0.3) is 0 Å². The van der Waals surface area contributed by atoms with Crippen molar-refractivity contribution in [2.24, 2.45) is 17.6 Å². The fraction of sp³-hybridized carbons (Fsp3) is 1.00. The van der Waals surface area contributed by atoms with Crippen LogP contribution < -0.4 is 5.73 Å². The van der Waals surface area contributed by atoms with Crippen LogP contribution in [-0.4, -0.2) is 30.1 Å². The molecule has 2 aliphatic rings. The van der Waals surface area contributed by atoms with Crippen molar-refractivity contribution in [1.29, 1.82) is 0 Å². The summed E-state index contributed by atoms with van der Waals surface area (Å²) in [5.41, 5.74) is 6.35. The Morgan fingerprint density at radius 3 is 2.78 bits per heavy atom. The van der Waals surface area contributed by atoms with Crippen LogP contribution in [0.1, 0.15) is 65.2 Å². The van der Waals surface area contributed by atoms with E-state index in [2.05, 4.69) is 18.7 Å². The first kappa shape index (κ1) is 14.3. The van der Waals surface area contributed by atoms with Crippen LogP contribution in [-0.2, 0) is 0 Å². The van der Waals surface area contributed by atoms with Crippen LogP contribution in [0.5, 0.6) is 0 Å². The van der Waals surface area contributed by atoms with E-state index in [9.17, 15) is 0 Å².